The molecule has 4 heteroatoms. The van der Waals surface area contributed by atoms with Gasteiger partial charge >= 0.3 is 5.97 Å². The molecule has 3 nitrogen and oxygen atoms in total. The van der Waals surface area contributed by atoms with Crippen molar-refractivity contribution in [1.82, 2.24) is 4.90 Å². The van der Waals surface area contributed by atoms with E-state index in [2.05, 4.69) is 27.9 Å². The summed E-state index contributed by atoms with van der Waals surface area (Å²) in [6.07, 6.45) is 2.07. The maximum atomic E-state index is 11.6. The van der Waals surface area contributed by atoms with E-state index in [-0.39, 0.29) is 5.92 Å². The summed E-state index contributed by atoms with van der Waals surface area (Å²) in [7, 11) is 2.06. The van der Waals surface area contributed by atoms with Crippen LogP contribution in [0.5, 0.6) is 0 Å². The molecule has 2 unspecified atom stereocenters. The second-order valence-corrected chi connectivity index (χ2v) is 5.86. The minimum absolute atomic E-state index is 0.194. The van der Waals surface area contributed by atoms with Crippen molar-refractivity contribution in [3.05, 3.63) is 34.3 Å². The van der Waals surface area contributed by atoms with Crippen molar-refractivity contribution in [2.24, 2.45) is 5.92 Å². The summed E-state index contributed by atoms with van der Waals surface area (Å²) in [5.41, 5.74) is 0.894. The number of nitrogens with zero attached hydrogens (tertiary/aromatic N) is 1. The van der Waals surface area contributed by atoms with E-state index < -0.39 is 11.9 Å². The summed E-state index contributed by atoms with van der Waals surface area (Å²) >= 11 is 3.47. The maximum Gasteiger partial charge on any atom is 0.311 e. The van der Waals surface area contributed by atoms with Gasteiger partial charge in [-0.25, -0.2) is 0 Å². The summed E-state index contributed by atoms with van der Waals surface area (Å²) < 4.78 is 0.894. The number of likely N-dealkylation sites (tertiary alicyclic amines) is 1. The second kappa shape index (κ2) is 5.85. The van der Waals surface area contributed by atoms with Gasteiger partial charge in [-0.05, 0) is 44.0 Å². The van der Waals surface area contributed by atoms with Crippen LogP contribution in [0.1, 0.15) is 24.3 Å². The Morgan fingerprint density at radius 3 is 2.83 bits per heavy atom. The fraction of sp³-hybridized carbons (Fsp3) is 0.500. The number of benzene rings is 1. The fourth-order valence-corrected chi connectivity index (χ4v) is 3.33. The smallest absolute Gasteiger partial charge is 0.311 e. The first kappa shape index (κ1) is 13.6. The number of hydrogen-bond donors (Lipinski definition) is 1. The van der Waals surface area contributed by atoms with Crippen LogP contribution >= 0.6 is 15.9 Å². The highest BCUT2D eigenvalue weighted by Crippen LogP contribution is 2.35. The lowest BCUT2D eigenvalue weighted by atomic mass is 9.81. The summed E-state index contributed by atoms with van der Waals surface area (Å²) in [5.74, 6) is -0.939. The fourth-order valence-electron chi connectivity index (χ4n) is 2.79. The normalized spacial score (nSPS) is 22.7. The van der Waals surface area contributed by atoms with E-state index >= 15 is 0 Å². The van der Waals surface area contributed by atoms with Gasteiger partial charge in [-0.1, -0.05) is 34.1 Å². The number of carboxylic acids is 1. The van der Waals surface area contributed by atoms with E-state index in [1.165, 1.54) is 0 Å². The van der Waals surface area contributed by atoms with Gasteiger partial charge in [-0.15, -0.1) is 0 Å². The highest BCUT2D eigenvalue weighted by Gasteiger charge is 2.33. The molecule has 2 atom stereocenters. The Labute approximate surface area is 116 Å². The van der Waals surface area contributed by atoms with Gasteiger partial charge in [0.15, 0.2) is 0 Å². The topological polar surface area (TPSA) is 40.5 Å². The third-order valence-electron chi connectivity index (χ3n) is 3.64. The van der Waals surface area contributed by atoms with Crippen LogP contribution in [0.4, 0.5) is 0 Å². The van der Waals surface area contributed by atoms with Gasteiger partial charge in [0.1, 0.15) is 0 Å². The van der Waals surface area contributed by atoms with Crippen LogP contribution in [-0.4, -0.2) is 36.1 Å². The van der Waals surface area contributed by atoms with Crippen molar-refractivity contribution in [3.63, 3.8) is 0 Å². The zero-order valence-electron chi connectivity index (χ0n) is 10.5. The Bertz CT molecular complexity index is 436. The summed E-state index contributed by atoms with van der Waals surface area (Å²) in [6, 6.07) is 7.65. The van der Waals surface area contributed by atoms with Crippen molar-refractivity contribution in [1.29, 1.82) is 0 Å². The third kappa shape index (κ3) is 2.93. The lowest BCUT2D eigenvalue weighted by Crippen LogP contribution is -2.37. The number of hydrogen-bond acceptors (Lipinski definition) is 2. The van der Waals surface area contributed by atoms with E-state index in [1.807, 2.05) is 24.3 Å². The Kier molecular flexibility index (Phi) is 4.40. The zero-order chi connectivity index (χ0) is 13.1. The van der Waals surface area contributed by atoms with Crippen LogP contribution in [0.3, 0.4) is 0 Å². The van der Waals surface area contributed by atoms with Crippen molar-refractivity contribution in [2.45, 2.75) is 18.8 Å². The van der Waals surface area contributed by atoms with E-state index in [9.17, 15) is 9.90 Å². The van der Waals surface area contributed by atoms with Gasteiger partial charge in [0.2, 0.25) is 0 Å². The first-order valence-electron chi connectivity index (χ1n) is 6.25. The monoisotopic (exact) mass is 311 g/mol. The van der Waals surface area contributed by atoms with Gasteiger partial charge in [0.25, 0.3) is 0 Å². The number of piperidine rings is 1. The van der Waals surface area contributed by atoms with Crippen LogP contribution in [0.15, 0.2) is 28.7 Å². The first-order valence-corrected chi connectivity index (χ1v) is 7.04. The molecule has 1 aliphatic rings. The van der Waals surface area contributed by atoms with Gasteiger partial charge in [-0.2, -0.15) is 0 Å². The molecular formula is C14H18BrNO2. The number of rotatable bonds is 3. The standard InChI is InChI=1S/C14H18BrNO2/c1-16-8-4-5-10(9-16)13(14(17)18)11-6-2-3-7-12(11)15/h2-3,6-7,10,13H,4-5,8-9H2,1H3,(H,17,18). The van der Waals surface area contributed by atoms with Gasteiger partial charge in [0, 0.05) is 11.0 Å². The Morgan fingerprint density at radius 2 is 2.22 bits per heavy atom. The van der Waals surface area contributed by atoms with Crippen molar-refractivity contribution in [2.75, 3.05) is 20.1 Å². The quantitative estimate of drug-likeness (QED) is 0.933. The molecule has 1 aliphatic heterocycles. The average Bonchev–Trinajstić information content (AvgIpc) is 2.32. The number of carbonyl (C=O) groups is 1. The minimum atomic E-state index is -0.720. The molecule has 0 radical (unpaired) electrons. The van der Waals surface area contributed by atoms with E-state index in [0.29, 0.717) is 0 Å². The lowest BCUT2D eigenvalue weighted by Gasteiger charge is -2.33. The predicted octanol–water partition coefficient (Wildman–Crippen LogP) is 2.96. The second-order valence-electron chi connectivity index (χ2n) is 5.00. The van der Waals surface area contributed by atoms with Crippen molar-refractivity contribution >= 4 is 21.9 Å². The van der Waals surface area contributed by atoms with E-state index in [0.717, 1.165) is 36.0 Å². The molecule has 0 amide bonds. The SMILES string of the molecule is CN1CCCC(C(C(=O)O)c2ccccc2Br)C1. The molecule has 0 saturated carbocycles. The molecule has 1 N–H and O–H groups in total. The summed E-state index contributed by atoms with van der Waals surface area (Å²) in [5, 5.41) is 9.55. The highest BCUT2D eigenvalue weighted by atomic mass is 79.9. The largest absolute Gasteiger partial charge is 0.481 e. The molecule has 0 aromatic heterocycles. The minimum Gasteiger partial charge on any atom is -0.481 e. The van der Waals surface area contributed by atoms with Crippen LogP contribution in [-0.2, 0) is 4.79 Å². The third-order valence-corrected chi connectivity index (χ3v) is 4.36. The Morgan fingerprint density at radius 1 is 1.50 bits per heavy atom. The molecule has 18 heavy (non-hydrogen) atoms. The lowest BCUT2D eigenvalue weighted by molar-refractivity contribution is -0.140. The number of aliphatic carboxylic acids is 1. The highest BCUT2D eigenvalue weighted by molar-refractivity contribution is 9.10. The molecular weight excluding hydrogens is 294 g/mol. The molecule has 1 aromatic carbocycles. The van der Waals surface area contributed by atoms with Crippen molar-refractivity contribution in [3.8, 4) is 0 Å². The molecule has 0 bridgehead atoms. The maximum absolute atomic E-state index is 11.6. The van der Waals surface area contributed by atoms with Crippen molar-refractivity contribution < 1.29 is 9.90 Å². The molecule has 1 heterocycles. The Hall–Kier alpha value is -0.870. The van der Waals surface area contributed by atoms with Gasteiger partial charge < -0.3 is 10.0 Å². The Balaban J connectivity index is 2.28. The molecule has 1 aromatic rings. The molecule has 1 saturated heterocycles. The molecule has 2 rings (SSSR count). The van der Waals surface area contributed by atoms with Crippen LogP contribution in [0.25, 0.3) is 0 Å². The van der Waals surface area contributed by atoms with Gasteiger partial charge in [-0.3, -0.25) is 4.79 Å². The number of carboxylic acid groups (broad SMARTS) is 1. The van der Waals surface area contributed by atoms with Gasteiger partial charge in [0.05, 0.1) is 5.92 Å². The van der Waals surface area contributed by atoms with Crippen LogP contribution in [0.2, 0.25) is 0 Å². The number of halogens is 1. The predicted molar refractivity (Wildman–Crippen MR) is 74.7 cm³/mol. The van der Waals surface area contributed by atoms with E-state index in [4.69, 9.17) is 0 Å². The van der Waals surface area contributed by atoms with Crippen LogP contribution in [0, 0.1) is 5.92 Å². The van der Waals surface area contributed by atoms with E-state index in [1.54, 1.807) is 0 Å². The average molecular weight is 312 g/mol. The summed E-state index contributed by atoms with van der Waals surface area (Å²) in [4.78, 5) is 13.8. The molecule has 98 valence electrons. The zero-order valence-corrected chi connectivity index (χ0v) is 12.1. The van der Waals surface area contributed by atoms with Crippen LogP contribution < -0.4 is 0 Å². The molecule has 0 aliphatic carbocycles. The summed E-state index contributed by atoms with van der Waals surface area (Å²) in [6.45, 7) is 1.93. The first-order chi connectivity index (χ1) is 8.59. The molecule has 0 spiro atoms. The molecule has 1 fully saturated rings.